The van der Waals surface area contributed by atoms with Gasteiger partial charge in [-0.3, -0.25) is 0 Å². The number of nitrogen functional groups attached to an aromatic ring is 1. The van der Waals surface area contributed by atoms with Crippen LogP contribution in [0.25, 0.3) is 0 Å². The minimum absolute atomic E-state index is 0.234. The Hall–Kier alpha value is -1.69. The van der Waals surface area contributed by atoms with Crippen molar-refractivity contribution in [1.82, 2.24) is 0 Å². The van der Waals surface area contributed by atoms with Gasteiger partial charge in [0.1, 0.15) is 6.07 Å². The maximum absolute atomic E-state index is 8.79. The zero-order valence-electron chi connectivity index (χ0n) is 10.4. The molecule has 0 spiro atoms. The molecule has 0 atom stereocenters. The molecule has 16 heavy (non-hydrogen) atoms. The normalized spacial score (nSPS) is 10.9. The highest BCUT2D eigenvalue weighted by molar-refractivity contribution is 5.63. The van der Waals surface area contributed by atoms with Crippen molar-refractivity contribution in [2.24, 2.45) is 5.41 Å². The highest BCUT2D eigenvalue weighted by Crippen LogP contribution is 2.23. The van der Waals surface area contributed by atoms with Crippen molar-refractivity contribution in [3.05, 3.63) is 23.8 Å². The first-order valence-corrected chi connectivity index (χ1v) is 5.34. The Kier molecular flexibility index (Phi) is 3.44. The third kappa shape index (κ3) is 3.16. The molecule has 1 aromatic rings. The summed E-state index contributed by atoms with van der Waals surface area (Å²) in [7, 11) is 2.03. The number of nitriles is 1. The van der Waals surface area contributed by atoms with Gasteiger partial charge in [0, 0.05) is 19.3 Å². The molecule has 0 aliphatic rings. The highest BCUT2D eigenvalue weighted by Gasteiger charge is 2.14. The van der Waals surface area contributed by atoms with Crippen LogP contribution in [0.15, 0.2) is 18.2 Å². The zero-order chi connectivity index (χ0) is 12.3. The Morgan fingerprint density at radius 3 is 2.44 bits per heavy atom. The summed E-state index contributed by atoms with van der Waals surface area (Å²) in [5, 5.41) is 8.79. The molecule has 0 bridgehead atoms. The van der Waals surface area contributed by atoms with Crippen LogP contribution in [0.5, 0.6) is 0 Å². The van der Waals surface area contributed by atoms with Gasteiger partial charge >= 0.3 is 0 Å². The van der Waals surface area contributed by atoms with Gasteiger partial charge in [0.05, 0.1) is 11.3 Å². The second kappa shape index (κ2) is 4.44. The molecule has 0 aromatic heterocycles. The summed E-state index contributed by atoms with van der Waals surface area (Å²) < 4.78 is 0. The van der Waals surface area contributed by atoms with Crippen molar-refractivity contribution in [2.45, 2.75) is 20.8 Å². The number of benzene rings is 1. The number of nitrogens with two attached hydrogens (primary N) is 1. The molecular weight excluding hydrogens is 198 g/mol. The summed E-state index contributed by atoms with van der Waals surface area (Å²) in [5.41, 5.74) is 8.14. The van der Waals surface area contributed by atoms with E-state index >= 15 is 0 Å². The van der Waals surface area contributed by atoms with E-state index in [9.17, 15) is 0 Å². The number of nitrogens with zero attached hydrogens (tertiary/aromatic N) is 2. The summed E-state index contributed by atoms with van der Waals surface area (Å²) in [6, 6.07) is 7.62. The van der Waals surface area contributed by atoms with Gasteiger partial charge in [-0.05, 0) is 23.6 Å². The summed E-state index contributed by atoms with van der Waals surface area (Å²) >= 11 is 0. The Bertz CT molecular complexity index is 410. The Balaban J connectivity index is 2.90. The molecule has 0 saturated heterocycles. The van der Waals surface area contributed by atoms with Crippen LogP contribution in [-0.4, -0.2) is 13.6 Å². The van der Waals surface area contributed by atoms with Gasteiger partial charge in [-0.1, -0.05) is 20.8 Å². The maximum atomic E-state index is 8.79. The first-order valence-electron chi connectivity index (χ1n) is 5.34. The minimum atomic E-state index is 0.234. The largest absolute Gasteiger partial charge is 0.398 e. The van der Waals surface area contributed by atoms with E-state index in [2.05, 4.69) is 31.7 Å². The van der Waals surface area contributed by atoms with Crippen LogP contribution >= 0.6 is 0 Å². The fourth-order valence-electron chi connectivity index (χ4n) is 1.69. The lowest BCUT2D eigenvalue weighted by Crippen LogP contribution is -2.29. The van der Waals surface area contributed by atoms with Crippen LogP contribution in [0.4, 0.5) is 11.4 Å². The molecule has 0 radical (unpaired) electrons. The average molecular weight is 217 g/mol. The van der Waals surface area contributed by atoms with Gasteiger partial charge in [-0.2, -0.15) is 5.26 Å². The summed E-state index contributed by atoms with van der Waals surface area (Å²) in [6.45, 7) is 7.52. The van der Waals surface area contributed by atoms with Crippen molar-refractivity contribution in [3.8, 4) is 6.07 Å². The molecule has 0 aliphatic heterocycles. The van der Waals surface area contributed by atoms with Crippen LogP contribution in [0.2, 0.25) is 0 Å². The second-order valence-corrected chi connectivity index (χ2v) is 5.30. The number of anilines is 2. The third-order valence-corrected chi connectivity index (χ3v) is 2.31. The van der Waals surface area contributed by atoms with Crippen molar-refractivity contribution >= 4 is 11.4 Å². The highest BCUT2D eigenvalue weighted by atomic mass is 15.1. The van der Waals surface area contributed by atoms with E-state index in [0.717, 1.165) is 12.2 Å². The van der Waals surface area contributed by atoms with E-state index in [1.54, 1.807) is 6.07 Å². The lowest BCUT2D eigenvalue weighted by molar-refractivity contribution is 0.419. The molecule has 2 N–H and O–H groups in total. The van der Waals surface area contributed by atoms with Crippen molar-refractivity contribution in [3.63, 3.8) is 0 Å². The second-order valence-electron chi connectivity index (χ2n) is 5.30. The molecule has 0 unspecified atom stereocenters. The topological polar surface area (TPSA) is 53.0 Å². The van der Waals surface area contributed by atoms with Crippen LogP contribution < -0.4 is 10.6 Å². The lowest BCUT2D eigenvalue weighted by atomic mass is 9.96. The Morgan fingerprint density at radius 2 is 2.00 bits per heavy atom. The van der Waals surface area contributed by atoms with E-state index < -0.39 is 0 Å². The van der Waals surface area contributed by atoms with Crippen LogP contribution in [0.1, 0.15) is 26.3 Å². The molecule has 0 fully saturated rings. The van der Waals surface area contributed by atoms with Gasteiger partial charge in [-0.25, -0.2) is 0 Å². The predicted molar refractivity (Wildman–Crippen MR) is 68.3 cm³/mol. The summed E-state index contributed by atoms with van der Waals surface area (Å²) in [4.78, 5) is 2.15. The molecule has 0 amide bonds. The average Bonchev–Trinajstić information content (AvgIpc) is 2.15. The fourth-order valence-corrected chi connectivity index (χ4v) is 1.69. The molecule has 1 aromatic carbocycles. The van der Waals surface area contributed by atoms with Gasteiger partial charge in [0.25, 0.3) is 0 Å². The molecule has 3 heteroatoms. The number of hydrogen-bond acceptors (Lipinski definition) is 3. The van der Waals surface area contributed by atoms with Crippen LogP contribution in [0, 0.1) is 16.7 Å². The van der Waals surface area contributed by atoms with E-state index in [4.69, 9.17) is 11.0 Å². The van der Waals surface area contributed by atoms with E-state index in [1.807, 2.05) is 19.2 Å². The smallest absolute Gasteiger partial charge is 0.101 e. The molecule has 86 valence electrons. The lowest BCUT2D eigenvalue weighted by Gasteiger charge is -2.28. The van der Waals surface area contributed by atoms with Crippen LogP contribution in [0.3, 0.4) is 0 Å². The molecule has 1 rings (SSSR count). The first kappa shape index (κ1) is 12.4. The molecule has 3 nitrogen and oxygen atoms in total. The molecular formula is C13H19N3. The summed E-state index contributed by atoms with van der Waals surface area (Å²) in [6.07, 6.45) is 0. The number of rotatable bonds is 2. The van der Waals surface area contributed by atoms with E-state index in [1.165, 1.54) is 0 Å². The van der Waals surface area contributed by atoms with Crippen LogP contribution in [-0.2, 0) is 0 Å². The molecule has 0 heterocycles. The van der Waals surface area contributed by atoms with Gasteiger partial charge in [-0.15, -0.1) is 0 Å². The van der Waals surface area contributed by atoms with Crippen molar-refractivity contribution < 1.29 is 0 Å². The summed E-state index contributed by atoms with van der Waals surface area (Å²) in [5.74, 6) is 0. The predicted octanol–water partition coefficient (Wildman–Crippen LogP) is 2.62. The molecule has 0 aliphatic carbocycles. The van der Waals surface area contributed by atoms with Gasteiger partial charge < -0.3 is 10.6 Å². The standard InChI is InChI=1S/C13H19N3/c1-13(2,3)9-16(4)11-6-5-10(8-14)12(15)7-11/h5-7H,9,15H2,1-4H3. The zero-order valence-corrected chi connectivity index (χ0v) is 10.4. The quantitative estimate of drug-likeness (QED) is 0.775. The van der Waals surface area contributed by atoms with Crippen molar-refractivity contribution in [2.75, 3.05) is 24.2 Å². The number of hydrogen-bond donors (Lipinski definition) is 1. The first-order chi connectivity index (χ1) is 7.33. The van der Waals surface area contributed by atoms with Crippen molar-refractivity contribution in [1.29, 1.82) is 5.26 Å². The maximum Gasteiger partial charge on any atom is 0.101 e. The third-order valence-electron chi connectivity index (χ3n) is 2.31. The minimum Gasteiger partial charge on any atom is -0.398 e. The van der Waals surface area contributed by atoms with Gasteiger partial charge in [0.15, 0.2) is 0 Å². The molecule has 0 saturated carbocycles. The van der Waals surface area contributed by atoms with E-state index in [-0.39, 0.29) is 5.41 Å². The Morgan fingerprint density at radius 1 is 1.38 bits per heavy atom. The fraction of sp³-hybridized carbons (Fsp3) is 0.462. The SMILES string of the molecule is CN(CC(C)(C)C)c1ccc(C#N)c(N)c1. The van der Waals surface area contributed by atoms with E-state index in [0.29, 0.717) is 11.3 Å². The monoisotopic (exact) mass is 217 g/mol. The van der Waals surface area contributed by atoms with Gasteiger partial charge in [0.2, 0.25) is 0 Å². The Labute approximate surface area is 97.5 Å².